The lowest BCUT2D eigenvalue weighted by Gasteiger charge is -2.12. The number of benzene rings is 1. The van der Waals surface area contributed by atoms with Crippen LogP contribution in [0.15, 0.2) is 18.2 Å². The van der Waals surface area contributed by atoms with Crippen LogP contribution in [0.3, 0.4) is 0 Å². The molecule has 0 radical (unpaired) electrons. The van der Waals surface area contributed by atoms with Gasteiger partial charge in [0.05, 0.1) is 25.9 Å². The molecule has 4 nitrogen and oxygen atoms in total. The fourth-order valence-corrected chi connectivity index (χ4v) is 1.73. The van der Waals surface area contributed by atoms with E-state index in [4.69, 9.17) is 14.7 Å². The van der Waals surface area contributed by atoms with Crippen LogP contribution in [0, 0.1) is 17.2 Å². The van der Waals surface area contributed by atoms with Gasteiger partial charge in [-0.05, 0) is 18.6 Å². The predicted octanol–water partition coefficient (Wildman–Crippen LogP) is 2.83. The van der Waals surface area contributed by atoms with Crippen molar-refractivity contribution in [2.45, 2.75) is 19.8 Å². The van der Waals surface area contributed by atoms with Gasteiger partial charge in [0.1, 0.15) is 17.4 Å². The molecule has 18 heavy (non-hydrogen) atoms. The van der Waals surface area contributed by atoms with Gasteiger partial charge >= 0.3 is 0 Å². The summed E-state index contributed by atoms with van der Waals surface area (Å²) in [5, 5.41) is 9.02. The average molecular weight is 247 g/mol. The summed E-state index contributed by atoms with van der Waals surface area (Å²) in [4.78, 5) is 12.2. The molecule has 0 spiro atoms. The normalized spacial score (nSPS) is 11.4. The van der Waals surface area contributed by atoms with Crippen LogP contribution in [0.4, 0.5) is 0 Å². The van der Waals surface area contributed by atoms with E-state index in [1.165, 1.54) is 7.11 Å². The lowest BCUT2D eigenvalue weighted by molar-refractivity contribution is 0.0940. The van der Waals surface area contributed by atoms with Crippen molar-refractivity contribution in [2.75, 3.05) is 14.2 Å². The Morgan fingerprint density at radius 2 is 2.11 bits per heavy atom. The van der Waals surface area contributed by atoms with Gasteiger partial charge in [0.2, 0.25) is 0 Å². The number of carbonyl (C=O) groups excluding carboxylic acids is 1. The van der Waals surface area contributed by atoms with E-state index in [1.807, 2.05) is 13.0 Å². The summed E-state index contributed by atoms with van der Waals surface area (Å²) in [7, 11) is 3.04. The third kappa shape index (κ3) is 3.01. The molecule has 0 amide bonds. The topological polar surface area (TPSA) is 59.3 Å². The number of nitrogens with zero attached hydrogens (tertiary/aromatic N) is 1. The van der Waals surface area contributed by atoms with E-state index in [9.17, 15) is 4.79 Å². The zero-order valence-electron chi connectivity index (χ0n) is 10.9. The molecule has 0 aliphatic heterocycles. The number of Topliss-reactive ketones (excluding diaryl/α,β-unsaturated/α-hetero) is 1. The summed E-state index contributed by atoms with van der Waals surface area (Å²) in [6.07, 6.45) is 1.35. The Morgan fingerprint density at radius 3 is 2.61 bits per heavy atom. The van der Waals surface area contributed by atoms with Crippen molar-refractivity contribution in [3.8, 4) is 17.6 Å². The minimum absolute atomic E-state index is 0.196. The Morgan fingerprint density at radius 1 is 1.39 bits per heavy atom. The van der Waals surface area contributed by atoms with Crippen molar-refractivity contribution < 1.29 is 14.3 Å². The number of rotatable bonds is 6. The smallest absolute Gasteiger partial charge is 0.183 e. The number of ether oxygens (including phenoxy) is 2. The fraction of sp³-hybridized carbons (Fsp3) is 0.429. The van der Waals surface area contributed by atoms with Crippen LogP contribution in [0.1, 0.15) is 30.1 Å². The maximum absolute atomic E-state index is 12.2. The summed E-state index contributed by atoms with van der Waals surface area (Å²) in [6.45, 7) is 1.95. The molecule has 0 aliphatic carbocycles. The van der Waals surface area contributed by atoms with E-state index in [0.29, 0.717) is 23.5 Å². The minimum atomic E-state index is -0.614. The van der Waals surface area contributed by atoms with E-state index in [-0.39, 0.29) is 5.78 Å². The van der Waals surface area contributed by atoms with Crippen molar-refractivity contribution in [1.29, 1.82) is 5.26 Å². The van der Waals surface area contributed by atoms with Gasteiger partial charge in [0, 0.05) is 6.07 Å². The second-order valence-corrected chi connectivity index (χ2v) is 3.90. The van der Waals surface area contributed by atoms with Gasteiger partial charge in [-0.1, -0.05) is 13.3 Å². The molecule has 1 aromatic carbocycles. The lowest BCUT2D eigenvalue weighted by Crippen LogP contribution is -2.14. The fourth-order valence-electron chi connectivity index (χ4n) is 1.73. The van der Waals surface area contributed by atoms with Crippen molar-refractivity contribution >= 4 is 5.78 Å². The number of hydrogen-bond acceptors (Lipinski definition) is 4. The van der Waals surface area contributed by atoms with E-state index in [1.54, 1.807) is 25.3 Å². The number of ketones is 1. The van der Waals surface area contributed by atoms with Gasteiger partial charge in [-0.3, -0.25) is 4.79 Å². The first kappa shape index (κ1) is 14.0. The number of methoxy groups -OCH3 is 2. The standard InChI is InChI=1S/C14H17NO3/c1-4-5-10(9-15)14(16)12-7-6-11(17-2)8-13(12)18-3/h6-8,10H,4-5H2,1-3H3. The molecule has 0 N–H and O–H groups in total. The van der Waals surface area contributed by atoms with Gasteiger partial charge in [-0.2, -0.15) is 5.26 Å². The van der Waals surface area contributed by atoms with Gasteiger partial charge < -0.3 is 9.47 Å². The van der Waals surface area contributed by atoms with Crippen LogP contribution in [0.2, 0.25) is 0 Å². The first-order valence-corrected chi connectivity index (χ1v) is 5.83. The highest BCUT2D eigenvalue weighted by Gasteiger charge is 2.22. The zero-order valence-corrected chi connectivity index (χ0v) is 10.9. The molecule has 1 unspecified atom stereocenters. The first-order valence-electron chi connectivity index (χ1n) is 5.83. The average Bonchev–Trinajstić information content (AvgIpc) is 2.43. The predicted molar refractivity (Wildman–Crippen MR) is 67.9 cm³/mol. The van der Waals surface area contributed by atoms with Crippen molar-refractivity contribution in [3.05, 3.63) is 23.8 Å². The number of nitriles is 1. The summed E-state index contributed by atoms with van der Waals surface area (Å²) < 4.78 is 10.2. The zero-order chi connectivity index (χ0) is 13.5. The third-order valence-electron chi connectivity index (χ3n) is 2.72. The highest BCUT2D eigenvalue weighted by Crippen LogP contribution is 2.27. The molecular weight excluding hydrogens is 230 g/mol. The van der Waals surface area contributed by atoms with Gasteiger partial charge in [-0.25, -0.2) is 0 Å². The Bertz CT molecular complexity index is 463. The SMILES string of the molecule is CCCC(C#N)C(=O)c1ccc(OC)cc1OC. The summed E-state index contributed by atoms with van der Waals surface area (Å²) in [5.41, 5.74) is 0.429. The second kappa shape index (κ2) is 6.65. The molecule has 0 bridgehead atoms. The van der Waals surface area contributed by atoms with Crippen LogP contribution in [-0.4, -0.2) is 20.0 Å². The monoisotopic (exact) mass is 247 g/mol. The lowest BCUT2D eigenvalue weighted by atomic mass is 9.94. The molecule has 1 atom stereocenters. The molecule has 0 saturated heterocycles. The van der Waals surface area contributed by atoms with Crippen molar-refractivity contribution in [2.24, 2.45) is 5.92 Å². The maximum Gasteiger partial charge on any atom is 0.183 e. The Hall–Kier alpha value is -2.02. The molecule has 0 aromatic heterocycles. The highest BCUT2D eigenvalue weighted by molar-refractivity contribution is 6.01. The summed E-state index contributed by atoms with van der Waals surface area (Å²) in [6, 6.07) is 7.02. The molecule has 0 heterocycles. The molecule has 0 fully saturated rings. The molecule has 0 aliphatic rings. The van der Waals surface area contributed by atoms with E-state index in [2.05, 4.69) is 0 Å². The molecule has 1 rings (SSSR count). The maximum atomic E-state index is 12.2. The van der Waals surface area contributed by atoms with Crippen LogP contribution in [0.5, 0.6) is 11.5 Å². The molecule has 0 saturated carbocycles. The van der Waals surface area contributed by atoms with E-state index >= 15 is 0 Å². The number of carbonyl (C=O) groups is 1. The van der Waals surface area contributed by atoms with Gasteiger partial charge in [0.15, 0.2) is 5.78 Å². The van der Waals surface area contributed by atoms with Crippen LogP contribution >= 0.6 is 0 Å². The van der Waals surface area contributed by atoms with Crippen molar-refractivity contribution in [1.82, 2.24) is 0 Å². The van der Waals surface area contributed by atoms with Crippen LogP contribution in [0.25, 0.3) is 0 Å². The molecule has 1 aromatic rings. The highest BCUT2D eigenvalue weighted by atomic mass is 16.5. The summed E-state index contributed by atoms with van der Waals surface area (Å²) in [5.74, 6) is 0.249. The first-order chi connectivity index (χ1) is 8.67. The van der Waals surface area contributed by atoms with E-state index in [0.717, 1.165) is 6.42 Å². The summed E-state index contributed by atoms with van der Waals surface area (Å²) >= 11 is 0. The Labute approximate surface area is 107 Å². The Kier molecular flexibility index (Phi) is 5.19. The number of hydrogen-bond donors (Lipinski definition) is 0. The minimum Gasteiger partial charge on any atom is -0.497 e. The van der Waals surface area contributed by atoms with Crippen molar-refractivity contribution in [3.63, 3.8) is 0 Å². The molecular formula is C14H17NO3. The molecule has 96 valence electrons. The van der Waals surface area contributed by atoms with Gasteiger partial charge in [-0.15, -0.1) is 0 Å². The van der Waals surface area contributed by atoms with Gasteiger partial charge in [0.25, 0.3) is 0 Å². The largest absolute Gasteiger partial charge is 0.497 e. The van der Waals surface area contributed by atoms with Crippen LogP contribution in [-0.2, 0) is 0 Å². The Balaban J connectivity index is 3.08. The quantitative estimate of drug-likeness (QED) is 0.725. The third-order valence-corrected chi connectivity index (χ3v) is 2.72. The molecule has 4 heteroatoms. The van der Waals surface area contributed by atoms with E-state index < -0.39 is 5.92 Å². The van der Waals surface area contributed by atoms with Crippen LogP contribution < -0.4 is 9.47 Å². The second-order valence-electron chi connectivity index (χ2n) is 3.90.